The largest absolute Gasteiger partial charge is 0.491 e. The molecule has 3 rings (SSSR count). The molecule has 25 heavy (non-hydrogen) atoms. The maximum absolute atomic E-state index is 12.3. The molecule has 1 aliphatic heterocycles. The first-order valence-corrected chi connectivity index (χ1v) is 8.77. The third-order valence-corrected chi connectivity index (χ3v) is 4.38. The Kier molecular flexibility index (Phi) is 6.06. The molecule has 6 heteroatoms. The van der Waals surface area contributed by atoms with E-state index in [1.165, 1.54) is 0 Å². The van der Waals surface area contributed by atoms with Crippen LogP contribution in [-0.4, -0.2) is 53.9 Å². The summed E-state index contributed by atoms with van der Waals surface area (Å²) in [4.78, 5) is 14.2. The van der Waals surface area contributed by atoms with Gasteiger partial charge in [-0.05, 0) is 38.0 Å². The van der Waals surface area contributed by atoms with Crippen LogP contribution in [0.3, 0.4) is 0 Å². The molecule has 0 bridgehead atoms. The van der Waals surface area contributed by atoms with E-state index < -0.39 is 0 Å². The van der Waals surface area contributed by atoms with Gasteiger partial charge in [-0.25, -0.2) is 0 Å². The Morgan fingerprint density at radius 2 is 2.16 bits per heavy atom. The fourth-order valence-corrected chi connectivity index (χ4v) is 3.08. The van der Waals surface area contributed by atoms with Crippen molar-refractivity contribution in [3.63, 3.8) is 0 Å². The Labute approximate surface area is 148 Å². The molecule has 1 N–H and O–H groups in total. The Bertz CT molecular complexity index is 672. The van der Waals surface area contributed by atoms with Crippen LogP contribution in [-0.2, 0) is 9.53 Å². The predicted molar refractivity (Wildman–Crippen MR) is 94.6 cm³/mol. The first-order chi connectivity index (χ1) is 12.2. The van der Waals surface area contributed by atoms with E-state index >= 15 is 0 Å². The molecule has 1 fully saturated rings. The molecule has 0 aliphatic carbocycles. The van der Waals surface area contributed by atoms with E-state index in [0.717, 1.165) is 36.5 Å². The maximum Gasteiger partial charge on any atom is 0.248 e. The average molecular weight is 343 g/mol. The Hall–Kier alpha value is -2.34. The molecular formula is C19H25N3O3. The number of nitrogens with zero attached hydrogens (tertiary/aromatic N) is 2. The molecule has 0 saturated carbocycles. The number of ether oxygens (including phenoxy) is 2. The number of para-hydroxylation sites is 1. The van der Waals surface area contributed by atoms with Crippen molar-refractivity contribution in [2.24, 2.45) is 0 Å². The molecular weight excluding hydrogens is 318 g/mol. The molecule has 1 atom stereocenters. The summed E-state index contributed by atoms with van der Waals surface area (Å²) in [5.74, 6) is 1.16. The van der Waals surface area contributed by atoms with Crippen molar-refractivity contribution in [1.82, 2.24) is 15.1 Å². The topological polar surface area (TPSA) is 67.5 Å². The second-order valence-electron chi connectivity index (χ2n) is 6.37. The van der Waals surface area contributed by atoms with E-state index in [4.69, 9.17) is 9.47 Å². The van der Waals surface area contributed by atoms with Gasteiger partial charge in [-0.3, -0.25) is 9.89 Å². The van der Waals surface area contributed by atoms with Crippen molar-refractivity contribution in [3.05, 3.63) is 47.8 Å². The molecule has 0 unspecified atom stereocenters. The summed E-state index contributed by atoms with van der Waals surface area (Å²) in [6, 6.07) is 11.7. The molecule has 0 spiro atoms. The average Bonchev–Trinajstić information content (AvgIpc) is 3.09. The number of carbonyl (C=O) groups is 1. The molecule has 2 heterocycles. The minimum atomic E-state index is 0.0386. The zero-order valence-corrected chi connectivity index (χ0v) is 14.6. The molecule has 1 aromatic carbocycles. The molecule has 1 aromatic heterocycles. The number of aromatic nitrogens is 2. The number of aryl methyl sites for hydroxylation is 1. The van der Waals surface area contributed by atoms with Crippen molar-refractivity contribution >= 4 is 5.91 Å². The summed E-state index contributed by atoms with van der Waals surface area (Å²) >= 11 is 0. The zero-order valence-electron chi connectivity index (χ0n) is 14.6. The van der Waals surface area contributed by atoms with Crippen molar-refractivity contribution in [1.29, 1.82) is 0 Å². The SMILES string of the molecule is Cc1cc([C@H]2CCCN(C(=O)COCCOc3ccccc3)C2)n[nH]1. The van der Waals surface area contributed by atoms with E-state index in [1.807, 2.05) is 42.2 Å². The molecule has 2 aromatic rings. The summed E-state index contributed by atoms with van der Waals surface area (Å²) in [7, 11) is 0. The van der Waals surface area contributed by atoms with E-state index in [-0.39, 0.29) is 12.5 Å². The van der Waals surface area contributed by atoms with Gasteiger partial charge in [0.05, 0.1) is 12.3 Å². The predicted octanol–water partition coefficient (Wildman–Crippen LogP) is 2.52. The van der Waals surface area contributed by atoms with Crippen molar-refractivity contribution in [3.8, 4) is 5.75 Å². The highest BCUT2D eigenvalue weighted by molar-refractivity contribution is 5.77. The van der Waals surface area contributed by atoms with E-state index in [0.29, 0.717) is 25.7 Å². The molecule has 0 radical (unpaired) electrons. The smallest absolute Gasteiger partial charge is 0.248 e. The first-order valence-electron chi connectivity index (χ1n) is 8.77. The monoisotopic (exact) mass is 343 g/mol. The number of hydrogen-bond acceptors (Lipinski definition) is 4. The van der Waals surface area contributed by atoms with Crippen LogP contribution in [0.15, 0.2) is 36.4 Å². The van der Waals surface area contributed by atoms with Crippen LogP contribution in [0.4, 0.5) is 0 Å². The van der Waals surface area contributed by atoms with Gasteiger partial charge in [-0.2, -0.15) is 5.10 Å². The third-order valence-electron chi connectivity index (χ3n) is 4.38. The number of aromatic amines is 1. The van der Waals surface area contributed by atoms with Crippen LogP contribution < -0.4 is 4.74 Å². The number of piperidine rings is 1. The van der Waals surface area contributed by atoms with Gasteiger partial charge < -0.3 is 14.4 Å². The number of likely N-dealkylation sites (tertiary alicyclic amines) is 1. The summed E-state index contributed by atoms with van der Waals surface area (Å²) in [5.41, 5.74) is 2.10. The lowest BCUT2D eigenvalue weighted by Crippen LogP contribution is -2.41. The molecule has 1 amide bonds. The van der Waals surface area contributed by atoms with Gasteiger partial charge in [0.1, 0.15) is 19.0 Å². The fraction of sp³-hybridized carbons (Fsp3) is 0.474. The Morgan fingerprint density at radius 1 is 1.32 bits per heavy atom. The van der Waals surface area contributed by atoms with Crippen LogP contribution in [0.2, 0.25) is 0 Å². The van der Waals surface area contributed by atoms with Crippen LogP contribution in [0.25, 0.3) is 0 Å². The standard InChI is InChI=1S/C19H25N3O3/c1-15-12-18(21-20-15)16-6-5-9-22(13-16)19(23)14-24-10-11-25-17-7-3-2-4-8-17/h2-4,7-8,12,16H,5-6,9-11,13-14H2,1H3,(H,20,21)/t16-/m0/s1. The zero-order chi connectivity index (χ0) is 17.5. The van der Waals surface area contributed by atoms with Gasteiger partial charge in [0.15, 0.2) is 0 Å². The van der Waals surface area contributed by atoms with Crippen molar-refractivity contribution in [2.75, 3.05) is 32.9 Å². The van der Waals surface area contributed by atoms with Crippen LogP contribution in [0.5, 0.6) is 5.75 Å². The number of rotatable bonds is 7. The second kappa shape index (κ2) is 8.67. The van der Waals surface area contributed by atoms with Crippen LogP contribution >= 0.6 is 0 Å². The highest BCUT2D eigenvalue weighted by Crippen LogP contribution is 2.25. The minimum Gasteiger partial charge on any atom is -0.491 e. The Morgan fingerprint density at radius 3 is 2.92 bits per heavy atom. The highest BCUT2D eigenvalue weighted by Gasteiger charge is 2.26. The van der Waals surface area contributed by atoms with E-state index in [9.17, 15) is 4.79 Å². The summed E-state index contributed by atoms with van der Waals surface area (Å²) in [6.45, 7) is 4.44. The lowest BCUT2D eigenvalue weighted by molar-refractivity contribution is -0.137. The van der Waals surface area contributed by atoms with Gasteiger partial charge in [0.2, 0.25) is 5.91 Å². The van der Waals surface area contributed by atoms with Gasteiger partial charge in [0.25, 0.3) is 0 Å². The minimum absolute atomic E-state index is 0.0386. The maximum atomic E-state index is 12.3. The first kappa shape index (κ1) is 17.5. The molecule has 6 nitrogen and oxygen atoms in total. The van der Waals surface area contributed by atoms with Gasteiger partial charge in [0, 0.05) is 24.7 Å². The second-order valence-corrected chi connectivity index (χ2v) is 6.37. The number of benzene rings is 1. The van der Waals surface area contributed by atoms with Crippen molar-refractivity contribution < 1.29 is 14.3 Å². The number of hydrogen-bond donors (Lipinski definition) is 1. The molecule has 1 saturated heterocycles. The number of nitrogens with one attached hydrogen (secondary N) is 1. The quantitative estimate of drug-likeness (QED) is 0.785. The van der Waals surface area contributed by atoms with Gasteiger partial charge in [-0.1, -0.05) is 18.2 Å². The summed E-state index contributed by atoms with van der Waals surface area (Å²) in [6.07, 6.45) is 2.07. The lowest BCUT2D eigenvalue weighted by Gasteiger charge is -2.32. The number of carbonyl (C=O) groups excluding carboxylic acids is 1. The van der Waals surface area contributed by atoms with Crippen LogP contribution in [0, 0.1) is 6.92 Å². The fourth-order valence-electron chi connectivity index (χ4n) is 3.08. The Balaban J connectivity index is 1.37. The number of amides is 1. The lowest BCUT2D eigenvalue weighted by atomic mass is 9.94. The highest BCUT2D eigenvalue weighted by atomic mass is 16.5. The van der Waals surface area contributed by atoms with E-state index in [2.05, 4.69) is 16.3 Å². The molecule has 134 valence electrons. The third kappa shape index (κ3) is 5.06. The van der Waals surface area contributed by atoms with E-state index in [1.54, 1.807) is 0 Å². The van der Waals surface area contributed by atoms with Gasteiger partial charge in [-0.15, -0.1) is 0 Å². The van der Waals surface area contributed by atoms with Crippen molar-refractivity contribution in [2.45, 2.75) is 25.7 Å². The van der Waals surface area contributed by atoms with Crippen LogP contribution in [0.1, 0.15) is 30.1 Å². The molecule has 1 aliphatic rings. The summed E-state index contributed by atoms with van der Waals surface area (Å²) in [5, 5.41) is 7.32. The number of H-pyrrole nitrogens is 1. The van der Waals surface area contributed by atoms with Gasteiger partial charge >= 0.3 is 0 Å². The summed E-state index contributed by atoms with van der Waals surface area (Å²) < 4.78 is 11.0. The normalized spacial score (nSPS) is 17.5.